The first-order valence-electron chi connectivity index (χ1n) is 11.4. The van der Waals surface area contributed by atoms with Crippen LogP contribution in [0.1, 0.15) is 43.9 Å². The van der Waals surface area contributed by atoms with Crippen molar-refractivity contribution in [3.63, 3.8) is 0 Å². The van der Waals surface area contributed by atoms with E-state index in [0.717, 1.165) is 38.0 Å². The van der Waals surface area contributed by atoms with Gasteiger partial charge in [0.05, 0.1) is 5.69 Å². The second-order valence-corrected chi connectivity index (χ2v) is 9.70. The normalized spacial score (nSPS) is 16.2. The van der Waals surface area contributed by atoms with Crippen molar-refractivity contribution in [2.45, 2.75) is 45.6 Å². The van der Waals surface area contributed by atoms with E-state index < -0.39 is 0 Å². The molecule has 0 aromatic heterocycles. The molecule has 0 saturated heterocycles. The van der Waals surface area contributed by atoms with Crippen molar-refractivity contribution in [1.29, 1.82) is 0 Å². The van der Waals surface area contributed by atoms with Crippen molar-refractivity contribution in [2.24, 2.45) is 0 Å². The van der Waals surface area contributed by atoms with Gasteiger partial charge in [-0.1, -0.05) is 51.1 Å². The summed E-state index contributed by atoms with van der Waals surface area (Å²) in [5, 5.41) is 2.98. The van der Waals surface area contributed by atoms with Crippen LogP contribution in [0.5, 0.6) is 5.75 Å². The highest BCUT2D eigenvalue weighted by atomic mass is 16.5. The lowest BCUT2D eigenvalue weighted by molar-refractivity contribution is -0.125. The van der Waals surface area contributed by atoms with Gasteiger partial charge in [-0.25, -0.2) is 0 Å². The van der Waals surface area contributed by atoms with Crippen LogP contribution in [0.25, 0.3) is 0 Å². The Morgan fingerprint density at radius 1 is 1.12 bits per heavy atom. The van der Waals surface area contributed by atoms with E-state index in [1.54, 1.807) is 4.90 Å². The molecule has 0 spiro atoms. The van der Waals surface area contributed by atoms with E-state index in [-0.39, 0.29) is 30.4 Å². The van der Waals surface area contributed by atoms with Gasteiger partial charge in [-0.2, -0.15) is 0 Å². The number of hydrogen-bond acceptors (Lipinski definition) is 4. The monoisotopic (exact) mass is 435 g/mol. The van der Waals surface area contributed by atoms with Crippen LogP contribution in [0.2, 0.25) is 0 Å². The molecule has 2 heterocycles. The largest absolute Gasteiger partial charge is 0.482 e. The highest BCUT2D eigenvalue weighted by Crippen LogP contribution is 2.36. The molecule has 0 atom stereocenters. The molecule has 170 valence electrons. The van der Waals surface area contributed by atoms with Gasteiger partial charge in [0.25, 0.3) is 5.91 Å². The van der Waals surface area contributed by atoms with Crippen molar-refractivity contribution in [2.75, 3.05) is 37.7 Å². The number of fused-ring (bicyclic) bond motifs is 2. The zero-order valence-electron chi connectivity index (χ0n) is 19.3. The van der Waals surface area contributed by atoms with Crippen molar-refractivity contribution >= 4 is 17.5 Å². The molecule has 0 saturated carbocycles. The van der Waals surface area contributed by atoms with Gasteiger partial charge in [0.15, 0.2) is 6.61 Å². The maximum atomic E-state index is 12.6. The number of anilines is 1. The maximum Gasteiger partial charge on any atom is 0.265 e. The lowest BCUT2D eigenvalue weighted by atomic mass is 9.86. The minimum Gasteiger partial charge on any atom is -0.482 e. The van der Waals surface area contributed by atoms with Crippen molar-refractivity contribution < 1.29 is 14.3 Å². The van der Waals surface area contributed by atoms with Gasteiger partial charge in [0.1, 0.15) is 12.3 Å². The summed E-state index contributed by atoms with van der Waals surface area (Å²) in [4.78, 5) is 29.1. The number of benzene rings is 2. The fourth-order valence-electron chi connectivity index (χ4n) is 4.32. The Morgan fingerprint density at radius 3 is 2.69 bits per heavy atom. The van der Waals surface area contributed by atoms with E-state index in [4.69, 9.17) is 4.74 Å². The Hall–Kier alpha value is -2.86. The smallest absolute Gasteiger partial charge is 0.265 e. The molecular weight excluding hydrogens is 402 g/mol. The fraction of sp³-hybridized carbons (Fsp3) is 0.462. The number of ether oxygens (including phenoxy) is 1. The van der Waals surface area contributed by atoms with Crippen LogP contribution in [0.4, 0.5) is 5.69 Å². The molecule has 6 nitrogen and oxygen atoms in total. The van der Waals surface area contributed by atoms with Crippen molar-refractivity contribution in [1.82, 2.24) is 10.2 Å². The molecular formula is C26H33N3O3. The number of amides is 2. The number of rotatable bonds is 6. The molecule has 32 heavy (non-hydrogen) atoms. The van der Waals surface area contributed by atoms with E-state index in [1.807, 2.05) is 18.2 Å². The number of carbonyl (C=O) groups is 2. The minimum absolute atomic E-state index is 0.0138. The van der Waals surface area contributed by atoms with Gasteiger partial charge in [0.2, 0.25) is 5.91 Å². The summed E-state index contributed by atoms with van der Waals surface area (Å²) in [7, 11) is 0. The molecule has 6 heteroatoms. The first-order chi connectivity index (χ1) is 15.3. The summed E-state index contributed by atoms with van der Waals surface area (Å²) >= 11 is 0. The molecule has 0 radical (unpaired) electrons. The number of nitrogens with one attached hydrogen (secondary N) is 1. The number of carbonyl (C=O) groups excluding carboxylic acids is 2. The highest BCUT2D eigenvalue weighted by molar-refractivity contribution is 6.02. The molecule has 0 aliphatic carbocycles. The first-order valence-corrected chi connectivity index (χ1v) is 11.4. The van der Waals surface area contributed by atoms with Gasteiger partial charge in [-0.05, 0) is 47.1 Å². The van der Waals surface area contributed by atoms with Crippen molar-refractivity contribution in [3.8, 4) is 5.75 Å². The Labute approximate surface area is 190 Å². The maximum absolute atomic E-state index is 12.6. The number of hydrogen-bond donors (Lipinski definition) is 1. The lowest BCUT2D eigenvalue weighted by Gasteiger charge is -2.31. The molecule has 2 amide bonds. The Morgan fingerprint density at radius 2 is 1.91 bits per heavy atom. The third-order valence-electron chi connectivity index (χ3n) is 6.25. The molecule has 4 rings (SSSR count). The molecule has 0 bridgehead atoms. The van der Waals surface area contributed by atoms with E-state index in [2.05, 4.69) is 55.3 Å². The molecule has 2 aliphatic heterocycles. The average molecular weight is 436 g/mol. The van der Waals surface area contributed by atoms with E-state index in [1.165, 1.54) is 11.1 Å². The third kappa shape index (κ3) is 5.13. The van der Waals surface area contributed by atoms with Crippen LogP contribution >= 0.6 is 0 Å². The summed E-state index contributed by atoms with van der Waals surface area (Å²) in [5.41, 5.74) is 4.57. The summed E-state index contributed by atoms with van der Waals surface area (Å²) in [5.74, 6) is 0.317. The molecule has 2 aromatic carbocycles. The van der Waals surface area contributed by atoms with Crippen LogP contribution in [0.15, 0.2) is 42.5 Å². The zero-order valence-corrected chi connectivity index (χ0v) is 19.3. The fourth-order valence-corrected chi connectivity index (χ4v) is 4.32. The van der Waals surface area contributed by atoms with Gasteiger partial charge < -0.3 is 10.1 Å². The average Bonchev–Trinajstić information content (AvgIpc) is 2.77. The van der Waals surface area contributed by atoms with Crippen LogP contribution in [0.3, 0.4) is 0 Å². The quantitative estimate of drug-likeness (QED) is 0.708. The van der Waals surface area contributed by atoms with Crippen LogP contribution in [-0.2, 0) is 28.0 Å². The summed E-state index contributed by atoms with van der Waals surface area (Å²) < 4.78 is 5.58. The van der Waals surface area contributed by atoms with Gasteiger partial charge in [-0.3, -0.25) is 19.4 Å². The second kappa shape index (κ2) is 9.33. The molecule has 2 aliphatic rings. The van der Waals surface area contributed by atoms with Gasteiger partial charge >= 0.3 is 0 Å². The Balaban J connectivity index is 1.29. The lowest BCUT2D eigenvalue weighted by Crippen LogP contribution is -2.45. The predicted octanol–water partition coefficient (Wildman–Crippen LogP) is 3.27. The van der Waals surface area contributed by atoms with Crippen LogP contribution < -0.4 is 15.0 Å². The molecule has 0 unspecified atom stereocenters. The Kier molecular flexibility index (Phi) is 6.51. The Bertz CT molecular complexity index is 996. The van der Waals surface area contributed by atoms with E-state index in [9.17, 15) is 9.59 Å². The SMILES string of the molecule is CC(C)(C)c1ccc2c(c1)N(CC(=O)NCCCN1CCc3ccccc3C1)C(=O)CO2. The molecule has 0 fully saturated rings. The van der Waals surface area contributed by atoms with Crippen molar-refractivity contribution in [3.05, 3.63) is 59.2 Å². The minimum atomic E-state index is -0.189. The summed E-state index contributed by atoms with van der Waals surface area (Å²) in [6.07, 6.45) is 1.97. The zero-order chi connectivity index (χ0) is 22.7. The van der Waals surface area contributed by atoms with Crippen LogP contribution in [-0.4, -0.2) is 49.5 Å². The highest BCUT2D eigenvalue weighted by Gasteiger charge is 2.29. The van der Waals surface area contributed by atoms with Crippen LogP contribution in [0, 0.1) is 0 Å². The summed E-state index contributed by atoms with van der Waals surface area (Å²) in [6.45, 7) is 9.92. The van der Waals surface area contributed by atoms with E-state index >= 15 is 0 Å². The standard InChI is InChI=1S/C26H33N3O3/c1-26(2,3)21-9-10-23-22(15-21)29(25(31)18-32-23)17-24(30)27-12-6-13-28-14-11-19-7-4-5-8-20(19)16-28/h4-5,7-10,15H,6,11-14,16-18H2,1-3H3,(H,27,30). The van der Waals surface area contributed by atoms with Gasteiger partial charge in [-0.15, -0.1) is 0 Å². The van der Waals surface area contributed by atoms with E-state index in [0.29, 0.717) is 18.0 Å². The molecule has 2 aromatic rings. The predicted molar refractivity (Wildman–Crippen MR) is 126 cm³/mol. The number of nitrogens with zero attached hydrogens (tertiary/aromatic N) is 2. The first kappa shape index (κ1) is 22.3. The molecule has 1 N–H and O–H groups in total. The second-order valence-electron chi connectivity index (χ2n) is 9.70. The third-order valence-corrected chi connectivity index (χ3v) is 6.25. The summed E-state index contributed by atoms with van der Waals surface area (Å²) in [6, 6.07) is 14.5. The van der Waals surface area contributed by atoms with Gasteiger partial charge in [0, 0.05) is 26.2 Å². The topological polar surface area (TPSA) is 61.9 Å².